The molecule has 0 fully saturated rings. The van der Waals surface area contributed by atoms with Gasteiger partial charge < -0.3 is 4.74 Å². The summed E-state index contributed by atoms with van der Waals surface area (Å²) in [6.45, 7) is 5.19. The number of benzene rings is 1. The lowest BCUT2D eigenvalue weighted by atomic mass is 10.1. The number of ether oxygens (including phenoxy) is 1. The molecule has 2 rings (SSSR count). The van der Waals surface area contributed by atoms with Crippen LogP contribution in [0.2, 0.25) is 0 Å². The molecule has 4 nitrogen and oxygen atoms in total. The van der Waals surface area contributed by atoms with Crippen LogP contribution in [0.4, 0.5) is 0 Å². The van der Waals surface area contributed by atoms with Crippen molar-refractivity contribution in [3.8, 4) is 11.8 Å². The third-order valence-corrected chi connectivity index (χ3v) is 2.72. The molecule has 0 saturated heterocycles. The fourth-order valence-corrected chi connectivity index (χ4v) is 1.92. The van der Waals surface area contributed by atoms with Crippen LogP contribution in [0.5, 0.6) is 5.75 Å². The number of nitrogens with zero attached hydrogens (tertiary/aromatic N) is 3. The van der Waals surface area contributed by atoms with E-state index in [-0.39, 0.29) is 0 Å². The molecule has 0 amide bonds. The zero-order valence-corrected chi connectivity index (χ0v) is 10.6. The molecule has 0 unspecified atom stereocenters. The molecule has 0 N–H and O–H groups in total. The van der Waals surface area contributed by atoms with Gasteiger partial charge in [-0.05, 0) is 43.2 Å². The first-order chi connectivity index (χ1) is 8.70. The zero-order valence-electron chi connectivity index (χ0n) is 10.6. The van der Waals surface area contributed by atoms with Crippen LogP contribution in [0.1, 0.15) is 16.7 Å². The first-order valence-electron chi connectivity index (χ1n) is 5.82. The van der Waals surface area contributed by atoms with Gasteiger partial charge >= 0.3 is 0 Å². The van der Waals surface area contributed by atoms with Crippen molar-refractivity contribution in [2.45, 2.75) is 20.4 Å². The third kappa shape index (κ3) is 2.69. The largest absolute Gasteiger partial charge is 0.491 e. The average molecular weight is 241 g/mol. The van der Waals surface area contributed by atoms with Crippen molar-refractivity contribution >= 4 is 0 Å². The van der Waals surface area contributed by atoms with Gasteiger partial charge in [-0.15, -0.1) is 0 Å². The van der Waals surface area contributed by atoms with E-state index in [4.69, 9.17) is 10.00 Å². The summed E-state index contributed by atoms with van der Waals surface area (Å²) < 4.78 is 7.60. The highest BCUT2D eigenvalue weighted by Gasteiger charge is 2.06. The van der Waals surface area contributed by atoms with E-state index in [1.807, 2.05) is 42.9 Å². The second kappa shape index (κ2) is 5.37. The lowest BCUT2D eigenvalue weighted by Crippen LogP contribution is -2.09. The van der Waals surface area contributed by atoms with Gasteiger partial charge in [0.1, 0.15) is 12.4 Å². The second-order valence-electron chi connectivity index (χ2n) is 4.17. The highest BCUT2D eigenvalue weighted by Crippen LogP contribution is 2.24. The van der Waals surface area contributed by atoms with E-state index in [1.54, 1.807) is 6.20 Å². The SMILES string of the molecule is Cc1cc(C#N)cc(C)c1OCCn1cccn1. The van der Waals surface area contributed by atoms with E-state index >= 15 is 0 Å². The van der Waals surface area contributed by atoms with Crippen LogP contribution in [-0.2, 0) is 6.54 Å². The summed E-state index contributed by atoms with van der Waals surface area (Å²) in [6, 6.07) is 7.72. The van der Waals surface area contributed by atoms with Gasteiger partial charge in [-0.2, -0.15) is 10.4 Å². The maximum absolute atomic E-state index is 8.88. The normalized spacial score (nSPS) is 10.1. The van der Waals surface area contributed by atoms with Gasteiger partial charge in [0.15, 0.2) is 0 Å². The number of aromatic nitrogens is 2. The van der Waals surface area contributed by atoms with Gasteiger partial charge in [0, 0.05) is 12.4 Å². The molecule has 0 radical (unpaired) electrons. The smallest absolute Gasteiger partial charge is 0.125 e. The minimum absolute atomic E-state index is 0.565. The second-order valence-corrected chi connectivity index (χ2v) is 4.17. The minimum atomic E-state index is 0.565. The van der Waals surface area contributed by atoms with E-state index in [0.29, 0.717) is 18.7 Å². The number of rotatable bonds is 4. The number of hydrogen-bond donors (Lipinski definition) is 0. The molecule has 0 aliphatic heterocycles. The number of aryl methyl sites for hydroxylation is 2. The summed E-state index contributed by atoms with van der Waals surface area (Å²) in [7, 11) is 0. The van der Waals surface area contributed by atoms with E-state index in [1.165, 1.54) is 0 Å². The Bertz CT molecular complexity index is 544. The molecular weight excluding hydrogens is 226 g/mol. The highest BCUT2D eigenvalue weighted by molar-refractivity contribution is 5.47. The molecular formula is C14H15N3O. The van der Waals surface area contributed by atoms with E-state index in [2.05, 4.69) is 11.2 Å². The van der Waals surface area contributed by atoms with Crippen molar-refractivity contribution in [1.29, 1.82) is 5.26 Å². The van der Waals surface area contributed by atoms with Crippen LogP contribution in [0.15, 0.2) is 30.6 Å². The number of hydrogen-bond acceptors (Lipinski definition) is 3. The Morgan fingerprint density at radius 1 is 1.33 bits per heavy atom. The summed E-state index contributed by atoms with van der Waals surface area (Å²) >= 11 is 0. The molecule has 0 aliphatic rings. The first-order valence-corrected chi connectivity index (χ1v) is 5.82. The standard InChI is InChI=1S/C14H15N3O/c1-11-8-13(10-15)9-12(2)14(11)18-7-6-17-5-3-4-16-17/h3-5,8-9H,6-7H2,1-2H3. The van der Waals surface area contributed by atoms with Gasteiger partial charge in [-0.1, -0.05) is 0 Å². The predicted molar refractivity (Wildman–Crippen MR) is 68.4 cm³/mol. The van der Waals surface area contributed by atoms with Crippen LogP contribution in [0.25, 0.3) is 0 Å². The van der Waals surface area contributed by atoms with E-state index < -0.39 is 0 Å². The molecule has 92 valence electrons. The van der Waals surface area contributed by atoms with Gasteiger partial charge in [0.05, 0.1) is 18.2 Å². The van der Waals surface area contributed by atoms with E-state index in [9.17, 15) is 0 Å². The fraction of sp³-hybridized carbons (Fsp3) is 0.286. The highest BCUT2D eigenvalue weighted by atomic mass is 16.5. The minimum Gasteiger partial charge on any atom is -0.491 e. The van der Waals surface area contributed by atoms with Crippen molar-refractivity contribution in [2.24, 2.45) is 0 Å². The predicted octanol–water partition coefficient (Wildman–Crippen LogP) is 2.45. The van der Waals surface area contributed by atoms with Crippen LogP contribution in [0.3, 0.4) is 0 Å². The van der Waals surface area contributed by atoms with Gasteiger partial charge in [-0.25, -0.2) is 0 Å². The van der Waals surface area contributed by atoms with Crippen molar-refractivity contribution in [3.05, 3.63) is 47.3 Å². The summed E-state index contributed by atoms with van der Waals surface area (Å²) in [6.07, 6.45) is 3.65. The van der Waals surface area contributed by atoms with Gasteiger partial charge in [0.2, 0.25) is 0 Å². The fourth-order valence-electron chi connectivity index (χ4n) is 1.92. The molecule has 0 atom stereocenters. The molecule has 0 bridgehead atoms. The van der Waals surface area contributed by atoms with Crippen molar-refractivity contribution in [1.82, 2.24) is 9.78 Å². The van der Waals surface area contributed by atoms with Crippen molar-refractivity contribution < 1.29 is 4.74 Å². The Labute approximate surface area is 106 Å². The Morgan fingerprint density at radius 3 is 2.61 bits per heavy atom. The van der Waals surface area contributed by atoms with Crippen LogP contribution in [0, 0.1) is 25.2 Å². The molecule has 0 spiro atoms. The average Bonchev–Trinajstić information content (AvgIpc) is 2.85. The summed E-state index contributed by atoms with van der Waals surface area (Å²) in [5, 5.41) is 13.0. The lowest BCUT2D eigenvalue weighted by Gasteiger charge is -2.12. The summed E-state index contributed by atoms with van der Waals surface area (Å²) in [5.41, 5.74) is 2.66. The monoisotopic (exact) mass is 241 g/mol. The molecule has 1 heterocycles. The zero-order chi connectivity index (χ0) is 13.0. The number of nitriles is 1. The van der Waals surface area contributed by atoms with Crippen molar-refractivity contribution in [2.75, 3.05) is 6.61 Å². The lowest BCUT2D eigenvalue weighted by molar-refractivity contribution is 0.288. The third-order valence-electron chi connectivity index (χ3n) is 2.72. The first kappa shape index (κ1) is 12.2. The molecule has 0 saturated carbocycles. The summed E-state index contributed by atoms with van der Waals surface area (Å²) in [5.74, 6) is 0.862. The Kier molecular flexibility index (Phi) is 3.63. The van der Waals surface area contributed by atoms with Gasteiger partial charge in [-0.3, -0.25) is 4.68 Å². The van der Waals surface area contributed by atoms with Crippen LogP contribution in [-0.4, -0.2) is 16.4 Å². The maximum atomic E-state index is 8.88. The van der Waals surface area contributed by atoms with Gasteiger partial charge in [0.25, 0.3) is 0 Å². The molecule has 1 aromatic heterocycles. The summed E-state index contributed by atoms with van der Waals surface area (Å²) in [4.78, 5) is 0. The maximum Gasteiger partial charge on any atom is 0.125 e. The molecule has 0 aliphatic carbocycles. The quantitative estimate of drug-likeness (QED) is 0.826. The molecule has 2 aromatic rings. The van der Waals surface area contributed by atoms with Crippen LogP contribution >= 0.6 is 0 Å². The Balaban J connectivity index is 2.03. The Morgan fingerprint density at radius 2 is 2.06 bits per heavy atom. The molecule has 4 heteroatoms. The molecule has 1 aromatic carbocycles. The van der Waals surface area contributed by atoms with Crippen molar-refractivity contribution in [3.63, 3.8) is 0 Å². The van der Waals surface area contributed by atoms with E-state index in [0.717, 1.165) is 16.9 Å². The van der Waals surface area contributed by atoms with Crippen LogP contribution < -0.4 is 4.74 Å². The Hall–Kier alpha value is -2.28. The molecule has 18 heavy (non-hydrogen) atoms. The topological polar surface area (TPSA) is 50.8 Å².